The zero-order valence-electron chi connectivity index (χ0n) is 14.3. The third-order valence-electron chi connectivity index (χ3n) is 4.53. The summed E-state index contributed by atoms with van der Waals surface area (Å²) in [7, 11) is 0. The van der Waals surface area contributed by atoms with Crippen LogP contribution in [0.4, 0.5) is 5.69 Å². The highest BCUT2D eigenvalue weighted by atomic mass is 16.5. The van der Waals surface area contributed by atoms with E-state index in [-0.39, 0.29) is 17.7 Å². The minimum Gasteiger partial charge on any atom is -0.381 e. The molecule has 7 nitrogen and oxygen atoms in total. The molecular formula is C18H25N3O4. The van der Waals surface area contributed by atoms with E-state index in [1.54, 1.807) is 24.3 Å². The summed E-state index contributed by atoms with van der Waals surface area (Å²) in [6.45, 7) is 5.90. The van der Waals surface area contributed by atoms with Crippen LogP contribution in [0.3, 0.4) is 0 Å². The number of carbonyl (C=O) groups is 2. The molecule has 2 amide bonds. The highest BCUT2D eigenvalue weighted by Gasteiger charge is 2.23. The van der Waals surface area contributed by atoms with E-state index < -0.39 is 0 Å². The molecule has 2 heterocycles. The van der Waals surface area contributed by atoms with Gasteiger partial charge >= 0.3 is 0 Å². The van der Waals surface area contributed by atoms with Gasteiger partial charge in [-0.1, -0.05) is 0 Å². The maximum atomic E-state index is 12.2. The lowest BCUT2D eigenvalue weighted by Crippen LogP contribution is -2.41. The molecule has 0 spiro atoms. The standard InChI is InChI=1S/C18H25N3O4/c22-17(19-6-7-21-8-11-24-12-9-21)14-1-3-16(4-2-14)20-18(23)15-5-10-25-13-15/h1-4,15H,5-13H2,(H,19,22)(H,20,23). The zero-order valence-corrected chi connectivity index (χ0v) is 14.3. The van der Waals surface area contributed by atoms with Gasteiger partial charge in [0.05, 0.1) is 25.7 Å². The van der Waals surface area contributed by atoms with E-state index in [1.165, 1.54) is 0 Å². The summed E-state index contributed by atoms with van der Waals surface area (Å²) in [6, 6.07) is 6.96. The van der Waals surface area contributed by atoms with Crippen LogP contribution in [0.1, 0.15) is 16.8 Å². The first-order chi connectivity index (χ1) is 12.2. The Morgan fingerprint density at radius 2 is 1.84 bits per heavy atom. The van der Waals surface area contributed by atoms with Gasteiger partial charge in [0.1, 0.15) is 0 Å². The Hall–Kier alpha value is -1.96. The molecule has 1 aromatic rings. The number of morpholine rings is 1. The van der Waals surface area contributed by atoms with Gasteiger partial charge in [0.2, 0.25) is 5.91 Å². The minimum absolute atomic E-state index is 0.0276. The van der Waals surface area contributed by atoms with E-state index in [0.717, 1.165) is 39.3 Å². The quantitative estimate of drug-likeness (QED) is 0.793. The molecule has 2 fully saturated rings. The maximum absolute atomic E-state index is 12.2. The van der Waals surface area contributed by atoms with Gasteiger partial charge in [0.25, 0.3) is 5.91 Å². The first-order valence-electron chi connectivity index (χ1n) is 8.79. The second kappa shape index (κ2) is 8.94. The van der Waals surface area contributed by atoms with Crippen molar-refractivity contribution >= 4 is 17.5 Å². The second-order valence-corrected chi connectivity index (χ2v) is 6.34. The zero-order chi connectivity index (χ0) is 17.5. The largest absolute Gasteiger partial charge is 0.381 e. The monoisotopic (exact) mass is 347 g/mol. The first-order valence-corrected chi connectivity index (χ1v) is 8.79. The third kappa shape index (κ3) is 5.26. The first kappa shape index (κ1) is 17.8. The summed E-state index contributed by atoms with van der Waals surface area (Å²) in [5.74, 6) is -0.210. The van der Waals surface area contributed by atoms with Crippen molar-refractivity contribution in [2.45, 2.75) is 6.42 Å². The molecule has 0 aromatic heterocycles. The van der Waals surface area contributed by atoms with E-state index in [4.69, 9.17) is 9.47 Å². The Morgan fingerprint density at radius 1 is 1.08 bits per heavy atom. The fraction of sp³-hybridized carbons (Fsp3) is 0.556. The summed E-state index contributed by atoms with van der Waals surface area (Å²) in [4.78, 5) is 26.5. The number of benzene rings is 1. The molecule has 2 aliphatic heterocycles. The van der Waals surface area contributed by atoms with E-state index in [1.807, 2.05) is 0 Å². The molecule has 1 unspecified atom stereocenters. The van der Waals surface area contributed by atoms with Crippen molar-refractivity contribution in [3.8, 4) is 0 Å². The van der Waals surface area contributed by atoms with Crippen LogP contribution in [0.15, 0.2) is 24.3 Å². The number of carbonyl (C=O) groups excluding carboxylic acids is 2. The summed E-state index contributed by atoms with van der Waals surface area (Å²) in [6.07, 6.45) is 0.759. The highest BCUT2D eigenvalue weighted by molar-refractivity contribution is 5.96. The molecule has 0 saturated carbocycles. The van der Waals surface area contributed by atoms with Crippen LogP contribution in [0.25, 0.3) is 0 Å². The Balaban J connectivity index is 1.42. The molecule has 0 radical (unpaired) electrons. The van der Waals surface area contributed by atoms with Crippen molar-refractivity contribution in [1.29, 1.82) is 0 Å². The lowest BCUT2D eigenvalue weighted by Gasteiger charge is -2.26. The smallest absolute Gasteiger partial charge is 0.251 e. The summed E-state index contributed by atoms with van der Waals surface area (Å²) in [5.41, 5.74) is 1.28. The van der Waals surface area contributed by atoms with Gasteiger partial charge in [-0.25, -0.2) is 0 Å². The molecule has 0 bridgehead atoms. The fourth-order valence-corrected chi connectivity index (χ4v) is 2.94. The average Bonchev–Trinajstić information content (AvgIpc) is 3.18. The van der Waals surface area contributed by atoms with Crippen molar-refractivity contribution in [1.82, 2.24) is 10.2 Å². The van der Waals surface area contributed by atoms with Gasteiger partial charge in [-0.3, -0.25) is 14.5 Å². The van der Waals surface area contributed by atoms with Gasteiger partial charge in [0.15, 0.2) is 0 Å². The molecule has 25 heavy (non-hydrogen) atoms. The Labute approximate surface area is 147 Å². The molecule has 1 aromatic carbocycles. The van der Waals surface area contributed by atoms with Crippen LogP contribution < -0.4 is 10.6 Å². The van der Waals surface area contributed by atoms with Crippen molar-refractivity contribution in [3.05, 3.63) is 29.8 Å². The van der Waals surface area contributed by atoms with Crippen LogP contribution in [0, 0.1) is 5.92 Å². The van der Waals surface area contributed by atoms with Crippen molar-refractivity contribution in [2.24, 2.45) is 5.92 Å². The lowest BCUT2D eigenvalue weighted by atomic mass is 10.1. The van der Waals surface area contributed by atoms with E-state index in [0.29, 0.717) is 31.0 Å². The van der Waals surface area contributed by atoms with Crippen LogP contribution in [-0.2, 0) is 14.3 Å². The Morgan fingerprint density at radius 3 is 2.52 bits per heavy atom. The number of anilines is 1. The molecular weight excluding hydrogens is 322 g/mol. The molecule has 3 rings (SSSR count). The van der Waals surface area contributed by atoms with Gasteiger partial charge < -0.3 is 20.1 Å². The van der Waals surface area contributed by atoms with Crippen molar-refractivity contribution in [3.63, 3.8) is 0 Å². The summed E-state index contributed by atoms with van der Waals surface area (Å²) >= 11 is 0. The molecule has 2 aliphatic rings. The van der Waals surface area contributed by atoms with E-state index >= 15 is 0 Å². The van der Waals surface area contributed by atoms with Gasteiger partial charge in [-0.15, -0.1) is 0 Å². The fourth-order valence-electron chi connectivity index (χ4n) is 2.94. The summed E-state index contributed by atoms with van der Waals surface area (Å²) < 4.78 is 10.5. The molecule has 7 heteroatoms. The summed E-state index contributed by atoms with van der Waals surface area (Å²) in [5, 5.41) is 5.79. The average molecular weight is 347 g/mol. The van der Waals surface area contributed by atoms with Gasteiger partial charge in [0, 0.05) is 44.0 Å². The molecule has 0 aliphatic carbocycles. The van der Waals surface area contributed by atoms with Gasteiger partial charge in [-0.2, -0.15) is 0 Å². The predicted molar refractivity (Wildman–Crippen MR) is 93.6 cm³/mol. The highest BCUT2D eigenvalue weighted by Crippen LogP contribution is 2.16. The van der Waals surface area contributed by atoms with Gasteiger partial charge in [-0.05, 0) is 30.7 Å². The molecule has 1 atom stereocenters. The number of hydrogen-bond donors (Lipinski definition) is 2. The lowest BCUT2D eigenvalue weighted by molar-refractivity contribution is -0.119. The van der Waals surface area contributed by atoms with Crippen molar-refractivity contribution in [2.75, 3.05) is 57.9 Å². The van der Waals surface area contributed by atoms with E-state index in [2.05, 4.69) is 15.5 Å². The Kier molecular flexibility index (Phi) is 6.38. The number of hydrogen-bond acceptors (Lipinski definition) is 5. The third-order valence-corrected chi connectivity index (χ3v) is 4.53. The number of nitrogens with zero attached hydrogens (tertiary/aromatic N) is 1. The van der Waals surface area contributed by atoms with Crippen LogP contribution in [0.5, 0.6) is 0 Å². The molecule has 2 N–H and O–H groups in total. The Bertz CT molecular complexity index is 578. The van der Waals surface area contributed by atoms with Crippen LogP contribution in [0.2, 0.25) is 0 Å². The van der Waals surface area contributed by atoms with E-state index in [9.17, 15) is 9.59 Å². The van der Waals surface area contributed by atoms with Crippen molar-refractivity contribution < 1.29 is 19.1 Å². The van der Waals surface area contributed by atoms with Crippen LogP contribution >= 0.6 is 0 Å². The topological polar surface area (TPSA) is 79.9 Å². The number of nitrogens with one attached hydrogen (secondary N) is 2. The SMILES string of the molecule is O=C(NCCN1CCOCC1)c1ccc(NC(=O)C2CCOC2)cc1. The maximum Gasteiger partial charge on any atom is 0.251 e. The molecule has 2 saturated heterocycles. The number of ether oxygens (including phenoxy) is 2. The molecule has 136 valence electrons. The second-order valence-electron chi connectivity index (χ2n) is 6.34. The number of rotatable bonds is 6. The van der Waals surface area contributed by atoms with Crippen LogP contribution in [-0.4, -0.2) is 69.3 Å². The number of amides is 2. The predicted octanol–water partition coefficient (Wildman–Crippen LogP) is 0.724. The normalized spacial score (nSPS) is 21.0. The minimum atomic E-state index is -0.102.